The van der Waals surface area contributed by atoms with Crippen molar-refractivity contribution in [1.29, 1.82) is 0 Å². The SMILES string of the molecule is Cc1sc(NC2CCSCC2)nc1C(=O)O. The van der Waals surface area contributed by atoms with E-state index in [1.165, 1.54) is 22.8 Å². The molecule has 0 atom stereocenters. The van der Waals surface area contributed by atoms with Crippen LogP contribution in [0.5, 0.6) is 0 Å². The van der Waals surface area contributed by atoms with Crippen LogP contribution >= 0.6 is 23.1 Å². The lowest BCUT2D eigenvalue weighted by Gasteiger charge is -2.21. The molecule has 1 aromatic heterocycles. The minimum atomic E-state index is -0.944. The van der Waals surface area contributed by atoms with Gasteiger partial charge in [-0.1, -0.05) is 0 Å². The number of anilines is 1. The molecule has 2 N–H and O–H groups in total. The molecule has 0 radical (unpaired) electrons. The van der Waals surface area contributed by atoms with Crippen LogP contribution in [-0.4, -0.2) is 33.6 Å². The number of hydrogen-bond donors (Lipinski definition) is 2. The number of aromatic nitrogens is 1. The Hall–Kier alpha value is -0.750. The Morgan fingerprint density at radius 3 is 2.75 bits per heavy atom. The number of aryl methyl sites for hydroxylation is 1. The first-order valence-electron chi connectivity index (χ1n) is 5.22. The molecule has 1 aromatic rings. The maximum absolute atomic E-state index is 10.8. The van der Waals surface area contributed by atoms with Crippen LogP contribution < -0.4 is 5.32 Å². The third-order valence-corrected chi connectivity index (χ3v) is 4.50. The van der Waals surface area contributed by atoms with Gasteiger partial charge in [0.2, 0.25) is 0 Å². The van der Waals surface area contributed by atoms with Crippen LogP contribution in [0.25, 0.3) is 0 Å². The molecule has 0 aliphatic carbocycles. The average molecular weight is 258 g/mol. The summed E-state index contributed by atoms with van der Waals surface area (Å²) in [5, 5.41) is 13.0. The van der Waals surface area contributed by atoms with Crippen molar-refractivity contribution in [2.45, 2.75) is 25.8 Å². The molecule has 0 aromatic carbocycles. The van der Waals surface area contributed by atoms with E-state index in [-0.39, 0.29) is 5.69 Å². The van der Waals surface area contributed by atoms with E-state index in [1.54, 1.807) is 6.92 Å². The van der Waals surface area contributed by atoms with E-state index in [2.05, 4.69) is 10.3 Å². The van der Waals surface area contributed by atoms with Gasteiger partial charge in [0.1, 0.15) is 0 Å². The van der Waals surface area contributed by atoms with Crippen LogP contribution in [0, 0.1) is 6.92 Å². The first-order chi connectivity index (χ1) is 7.66. The van der Waals surface area contributed by atoms with Gasteiger partial charge in [0.15, 0.2) is 10.8 Å². The zero-order valence-corrected chi connectivity index (χ0v) is 10.7. The highest BCUT2D eigenvalue weighted by atomic mass is 32.2. The molecule has 1 aliphatic rings. The maximum Gasteiger partial charge on any atom is 0.355 e. The molecule has 2 rings (SSSR count). The highest BCUT2D eigenvalue weighted by Crippen LogP contribution is 2.26. The molecular weight excluding hydrogens is 244 g/mol. The first kappa shape index (κ1) is 11.7. The van der Waals surface area contributed by atoms with E-state index in [1.807, 2.05) is 11.8 Å². The second kappa shape index (κ2) is 5.05. The predicted molar refractivity (Wildman–Crippen MR) is 67.8 cm³/mol. The molecule has 1 saturated heterocycles. The standard InChI is InChI=1S/C10H14N2O2S2/c1-6-8(9(13)14)12-10(16-6)11-7-2-4-15-5-3-7/h7H,2-5H2,1H3,(H,11,12)(H,13,14). The number of rotatable bonds is 3. The fourth-order valence-corrected chi connectivity index (χ4v) is 3.66. The number of nitrogens with zero attached hydrogens (tertiary/aromatic N) is 1. The van der Waals surface area contributed by atoms with Crippen molar-refractivity contribution in [2.24, 2.45) is 0 Å². The number of hydrogen-bond acceptors (Lipinski definition) is 5. The van der Waals surface area contributed by atoms with E-state index >= 15 is 0 Å². The van der Waals surface area contributed by atoms with Crippen molar-refractivity contribution in [1.82, 2.24) is 4.98 Å². The maximum atomic E-state index is 10.8. The Balaban J connectivity index is 2.03. The molecule has 6 heteroatoms. The topological polar surface area (TPSA) is 62.2 Å². The van der Waals surface area contributed by atoms with Crippen molar-refractivity contribution in [3.63, 3.8) is 0 Å². The van der Waals surface area contributed by atoms with Gasteiger partial charge in [0.25, 0.3) is 0 Å². The second-order valence-corrected chi connectivity index (χ2v) is 6.19. The third-order valence-electron chi connectivity index (χ3n) is 2.55. The molecule has 0 amide bonds. The minimum Gasteiger partial charge on any atom is -0.476 e. The fourth-order valence-electron chi connectivity index (χ4n) is 1.67. The summed E-state index contributed by atoms with van der Waals surface area (Å²) >= 11 is 3.40. The van der Waals surface area contributed by atoms with E-state index < -0.39 is 5.97 Å². The van der Waals surface area contributed by atoms with Gasteiger partial charge in [-0.15, -0.1) is 11.3 Å². The molecule has 4 nitrogen and oxygen atoms in total. The van der Waals surface area contributed by atoms with Crippen molar-refractivity contribution >= 4 is 34.2 Å². The van der Waals surface area contributed by atoms with Crippen molar-refractivity contribution in [2.75, 3.05) is 16.8 Å². The van der Waals surface area contributed by atoms with Crippen LogP contribution in [0.15, 0.2) is 0 Å². The van der Waals surface area contributed by atoms with Gasteiger partial charge in [0, 0.05) is 10.9 Å². The highest BCUT2D eigenvalue weighted by molar-refractivity contribution is 7.99. The summed E-state index contributed by atoms with van der Waals surface area (Å²) in [7, 11) is 0. The zero-order chi connectivity index (χ0) is 11.5. The lowest BCUT2D eigenvalue weighted by molar-refractivity contribution is 0.0690. The summed E-state index contributed by atoms with van der Waals surface area (Å²) in [5.41, 5.74) is 0.178. The van der Waals surface area contributed by atoms with E-state index in [4.69, 9.17) is 5.11 Å². The fraction of sp³-hybridized carbons (Fsp3) is 0.600. The monoisotopic (exact) mass is 258 g/mol. The Bertz CT molecular complexity index is 386. The van der Waals surface area contributed by atoms with Gasteiger partial charge >= 0.3 is 5.97 Å². The quantitative estimate of drug-likeness (QED) is 0.872. The molecule has 0 spiro atoms. The van der Waals surface area contributed by atoms with Gasteiger partial charge in [0.05, 0.1) is 0 Å². The number of thioether (sulfide) groups is 1. The van der Waals surface area contributed by atoms with Crippen LogP contribution in [0.3, 0.4) is 0 Å². The molecule has 1 aliphatic heterocycles. The Morgan fingerprint density at radius 2 is 2.19 bits per heavy atom. The van der Waals surface area contributed by atoms with Gasteiger partial charge < -0.3 is 10.4 Å². The summed E-state index contributed by atoms with van der Waals surface area (Å²) in [6.07, 6.45) is 2.26. The molecule has 2 heterocycles. The summed E-state index contributed by atoms with van der Waals surface area (Å²) in [4.78, 5) is 15.7. The molecule has 0 bridgehead atoms. The smallest absolute Gasteiger partial charge is 0.355 e. The van der Waals surface area contributed by atoms with Gasteiger partial charge in [-0.2, -0.15) is 11.8 Å². The molecule has 1 fully saturated rings. The molecule has 88 valence electrons. The third kappa shape index (κ3) is 2.68. The van der Waals surface area contributed by atoms with Gasteiger partial charge in [-0.25, -0.2) is 9.78 Å². The predicted octanol–water partition coefficient (Wildman–Crippen LogP) is 2.46. The first-order valence-corrected chi connectivity index (χ1v) is 7.19. The number of aromatic carboxylic acids is 1. The van der Waals surface area contributed by atoms with Crippen LogP contribution in [0.1, 0.15) is 28.2 Å². The van der Waals surface area contributed by atoms with Crippen LogP contribution in [-0.2, 0) is 0 Å². The highest BCUT2D eigenvalue weighted by Gasteiger charge is 2.18. The number of thiazole rings is 1. The lowest BCUT2D eigenvalue weighted by Crippen LogP contribution is -2.24. The number of carboxylic acids is 1. The van der Waals surface area contributed by atoms with Crippen molar-refractivity contribution in [3.8, 4) is 0 Å². The van der Waals surface area contributed by atoms with Crippen LogP contribution in [0.2, 0.25) is 0 Å². The molecular formula is C10H14N2O2S2. The largest absolute Gasteiger partial charge is 0.476 e. The number of carboxylic acid groups (broad SMARTS) is 1. The molecule has 0 saturated carbocycles. The lowest BCUT2D eigenvalue weighted by atomic mass is 10.2. The summed E-state index contributed by atoms with van der Waals surface area (Å²) in [6, 6.07) is 0.452. The summed E-state index contributed by atoms with van der Waals surface area (Å²) < 4.78 is 0. The Morgan fingerprint density at radius 1 is 1.50 bits per heavy atom. The Labute approximate surface area is 102 Å². The van der Waals surface area contributed by atoms with Crippen molar-refractivity contribution < 1.29 is 9.90 Å². The van der Waals surface area contributed by atoms with Gasteiger partial charge in [-0.05, 0) is 31.3 Å². The number of carbonyl (C=O) groups is 1. The van der Waals surface area contributed by atoms with Crippen molar-refractivity contribution in [3.05, 3.63) is 10.6 Å². The molecule has 16 heavy (non-hydrogen) atoms. The Kier molecular flexibility index (Phi) is 3.70. The summed E-state index contributed by atoms with van der Waals surface area (Å²) in [6.45, 7) is 1.79. The molecule has 0 unspecified atom stereocenters. The van der Waals surface area contributed by atoms with Crippen LogP contribution in [0.4, 0.5) is 5.13 Å². The average Bonchev–Trinajstić information content (AvgIpc) is 2.61. The second-order valence-electron chi connectivity index (χ2n) is 3.76. The minimum absolute atomic E-state index is 0.178. The van der Waals surface area contributed by atoms with E-state index in [0.29, 0.717) is 6.04 Å². The van der Waals surface area contributed by atoms with E-state index in [9.17, 15) is 4.79 Å². The zero-order valence-electron chi connectivity index (χ0n) is 9.02. The van der Waals surface area contributed by atoms with Gasteiger partial charge in [-0.3, -0.25) is 0 Å². The number of nitrogens with one attached hydrogen (secondary N) is 1. The van der Waals surface area contributed by atoms with E-state index in [0.717, 1.165) is 22.9 Å². The summed E-state index contributed by atoms with van der Waals surface area (Å²) in [5.74, 6) is 1.41. The normalized spacial score (nSPS) is 17.3.